The number of aliphatic hydroxyl groups excluding tert-OH is 5. The van der Waals surface area contributed by atoms with Crippen molar-refractivity contribution in [1.82, 2.24) is 0 Å². The third-order valence-electron chi connectivity index (χ3n) is 9.87. The summed E-state index contributed by atoms with van der Waals surface area (Å²) < 4.78 is 33.4. The van der Waals surface area contributed by atoms with Gasteiger partial charge in [-0.15, -0.1) is 0 Å². The smallest absolute Gasteiger partial charge is 0.462 e. The number of esters is 2. The van der Waals surface area contributed by atoms with Gasteiger partial charge in [0.05, 0.1) is 6.61 Å². The molecular weight excluding hydrogens is 779 g/mol. The maximum Gasteiger partial charge on any atom is 0.472 e. The zero-order valence-electron chi connectivity index (χ0n) is 35.8. The van der Waals surface area contributed by atoms with Gasteiger partial charge in [0.25, 0.3) is 0 Å². The van der Waals surface area contributed by atoms with Crippen LogP contribution < -0.4 is 0 Å². The lowest BCUT2D eigenvalue weighted by Gasteiger charge is -2.41. The summed E-state index contributed by atoms with van der Waals surface area (Å²) in [5, 5.41) is 50.1. The van der Waals surface area contributed by atoms with Crippen molar-refractivity contribution >= 4 is 19.8 Å². The Bertz CT molecular complexity index is 1270. The summed E-state index contributed by atoms with van der Waals surface area (Å²) in [5.41, 5.74) is 0. The van der Waals surface area contributed by atoms with Crippen molar-refractivity contribution in [3.8, 4) is 0 Å². The molecule has 0 aromatic heterocycles. The van der Waals surface area contributed by atoms with Gasteiger partial charge in [0, 0.05) is 12.8 Å². The number of rotatable bonds is 35. The average molecular weight is 857 g/mol. The Labute approximate surface area is 353 Å². The highest BCUT2D eigenvalue weighted by molar-refractivity contribution is 7.47. The first-order valence-corrected chi connectivity index (χ1v) is 23.6. The number of phosphoric acid groups is 1. The molecule has 14 heteroatoms. The van der Waals surface area contributed by atoms with E-state index in [-0.39, 0.29) is 12.8 Å². The molecule has 0 aromatic carbocycles. The number of phosphoric ester groups is 1. The average Bonchev–Trinajstić information content (AvgIpc) is 3.21. The van der Waals surface area contributed by atoms with Gasteiger partial charge in [-0.25, -0.2) is 4.57 Å². The van der Waals surface area contributed by atoms with Crippen LogP contribution in [0.2, 0.25) is 0 Å². The van der Waals surface area contributed by atoms with Crippen molar-refractivity contribution < 1.29 is 63.1 Å². The van der Waals surface area contributed by atoms with Gasteiger partial charge in [-0.05, 0) is 51.4 Å². The van der Waals surface area contributed by atoms with E-state index in [1.54, 1.807) is 0 Å². The van der Waals surface area contributed by atoms with Crippen LogP contribution >= 0.6 is 7.82 Å². The fourth-order valence-corrected chi connectivity index (χ4v) is 7.29. The van der Waals surface area contributed by atoms with Crippen LogP contribution in [0.5, 0.6) is 0 Å². The third-order valence-corrected chi connectivity index (χ3v) is 10.9. The SMILES string of the molecule is CC/C=C/C/C=C/C/C=C/C/C=C/C/C=C/CCCC(=O)O[C@H](COC(=O)CCCCCCCCCCCCCCC)COP(=O)(O)OC1C(O)C(O)C(O)[C@H](O)C1O. The van der Waals surface area contributed by atoms with E-state index in [4.69, 9.17) is 18.5 Å². The van der Waals surface area contributed by atoms with Gasteiger partial charge in [-0.1, -0.05) is 152 Å². The van der Waals surface area contributed by atoms with Crippen LogP contribution in [0.1, 0.15) is 155 Å². The lowest BCUT2D eigenvalue weighted by Crippen LogP contribution is -2.64. The minimum atomic E-state index is -5.13. The van der Waals surface area contributed by atoms with Crippen LogP contribution in [0.3, 0.4) is 0 Å². The molecule has 1 fully saturated rings. The summed E-state index contributed by atoms with van der Waals surface area (Å²) in [4.78, 5) is 35.6. The van der Waals surface area contributed by atoms with Crippen LogP contribution in [0, 0.1) is 0 Å². The number of ether oxygens (including phenoxy) is 2. The second-order valence-corrected chi connectivity index (χ2v) is 16.6. The Morgan fingerprint density at radius 1 is 0.542 bits per heavy atom. The Kier molecular flexibility index (Phi) is 32.5. The minimum absolute atomic E-state index is 0.0174. The highest BCUT2D eigenvalue weighted by Crippen LogP contribution is 2.47. The lowest BCUT2D eigenvalue weighted by molar-refractivity contribution is -0.220. The number of allylic oxidation sites excluding steroid dienone is 10. The summed E-state index contributed by atoms with van der Waals surface area (Å²) in [7, 11) is -5.13. The molecule has 0 saturated heterocycles. The molecule has 8 atom stereocenters. The predicted molar refractivity (Wildman–Crippen MR) is 230 cm³/mol. The zero-order valence-corrected chi connectivity index (χ0v) is 36.7. The first-order valence-electron chi connectivity index (χ1n) is 22.1. The van der Waals surface area contributed by atoms with Crippen molar-refractivity contribution in [3.05, 3.63) is 60.8 Å². The number of unbranched alkanes of at least 4 members (excludes halogenated alkanes) is 13. The minimum Gasteiger partial charge on any atom is -0.462 e. The maximum absolute atomic E-state index is 12.8. The topological polar surface area (TPSA) is 210 Å². The van der Waals surface area contributed by atoms with Gasteiger partial charge < -0.3 is 39.9 Å². The Morgan fingerprint density at radius 2 is 0.966 bits per heavy atom. The molecule has 0 amide bonds. The summed E-state index contributed by atoms with van der Waals surface area (Å²) >= 11 is 0. The van der Waals surface area contributed by atoms with E-state index in [1.807, 2.05) is 12.2 Å². The van der Waals surface area contributed by atoms with E-state index < -0.39 is 75.7 Å². The number of aliphatic hydroxyl groups is 5. The maximum atomic E-state index is 12.8. The molecule has 0 radical (unpaired) electrons. The van der Waals surface area contributed by atoms with Crippen molar-refractivity contribution in [2.24, 2.45) is 0 Å². The molecular formula is C45H77O13P. The first kappa shape index (κ1) is 54.6. The van der Waals surface area contributed by atoms with Crippen LogP contribution in [0.4, 0.5) is 0 Å². The van der Waals surface area contributed by atoms with Gasteiger partial charge in [0.15, 0.2) is 6.10 Å². The van der Waals surface area contributed by atoms with E-state index in [0.717, 1.165) is 51.4 Å². The monoisotopic (exact) mass is 857 g/mol. The van der Waals surface area contributed by atoms with E-state index >= 15 is 0 Å². The quantitative estimate of drug-likeness (QED) is 0.0154. The van der Waals surface area contributed by atoms with Gasteiger partial charge in [-0.2, -0.15) is 0 Å². The molecule has 6 unspecified atom stereocenters. The normalized spacial score (nSPS) is 22.9. The first-order chi connectivity index (χ1) is 28.4. The highest BCUT2D eigenvalue weighted by Gasteiger charge is 2.51. The van der Waals surface area contributed by atoms with Gasteiger partial charge in [0.1, 0.15) is 43.2 Å². The zero-order chi connectivity index (χ0) is 43.6. The molecule has 0 aromatic rings. The van der Waals surface area contributed by atoms with Crippen LogP contribution in [-0.4, -0.2) is 98.3 Å². The van der Waals surface area contributed by atoms with Gasteiger partial charge in [0.2, 0.25) is 0 Å². The van der Waals surface area contributed by atoms with E-state index in [9.17, 15) is 44.6 Å². The number of carbonyl (C=O) groups is 2. The summed E-state index contributed by atoms with van der Waals surface area (Å²) in [5.74, 6) is -1.17. The molecule has 59 heavy (non-hydrogen) atoms. The fraction of sp³-hybridized carbons (Fsp3) is 0.733. The largest absolute Gasteiger partial charge is 0.472 e. The van der Waals surface area contributed by atoms with Crippen molar-refractivity contribution in [2.75, 3.05) is 13.2 Å². The van der Waals surface area contributed by atoms with Crippen LogP contribution in [0.25, 0.3) is 0 Å². The summed E-state index contributed by atoms with van der Waals surface area (Å²) in [6, 6.07) is 0. The second kappa shape index (κ2) is 35.2. The molecule has 1 aliphatic carbocycles. The molecule has 13 nitrogen and oxygen atoms in total. The number of hydrogen-bond donors (Lipinski definition) is 6. The molecule has 1 saturated carbocycles. The highest BCUT2D eigenvalue weighted by atomic mass is 31.2. The van der Waals surface area contributed by atoms with E-state index in [1.165, 1.54) is 57.8 Å². The Hall–Kier alpha value is -2.45. The summed E-state index contributed by atoms with van der Waals surface area (Å²) in [6.45, 7) is 3.12. The molecule has 340 valence electrons. The predicted octanol–water partition coefficient (Wildman–Crippen LogP) is 8.16. The van der Waals surface area contributed by atoms with Crippen molar-refractivity contribution in [2.45, 2.75) is 198 Å². The standard InChI is InChI=1S/C45H77O13P/c1-3-5-7-9-11-13-15-17-18-19-20-22-24-26-28-30-32-34-39(47)57-37(36-56-59(53,54)58-45-43(51)41(49)40(48)42(50)44(45)52)35-55-38(46)33-31-29-27-25-23-21-16-14-12-10-8-6-4-2/h5,7,11,13,17-18,20,22,26,28,37,40-45,48-52H,3-4,6,8-10,12,14-16,19,21,23-25,27,29-36H2,1-2H3,(H,53,54)/b7-5+,13-11+,18-17+,22-20+,28-26+/t37-,40?,41+,42?,43?,44?,45?/m1/s1. The molecule has 0 spiro atoms. The Balaban J connectivity index is 2.53. The number of carbonyl (C=O) groups excluding carboxylic acids is 2. The molecule has 0 aliphatic heterocycles. The van der Waals surface area contributed by atoms with E-state index in [0.29, 0.717) is 19.3 Å². The van der Waals surface area contributed by atoms with Gasteiger partial charge >= 0.3 is 19.8 Å². The van der Waals surface area contributed by atoms with Crippen LogP contribution in [0.15, 0.2) is 60.8 Å². The second-order valence-electron chi connectivity index (χ2n) is 15.2. The fourth-order valence-electron chi connectivity index (χ4n) is 6.32. The lowest BCUT2D eigenvalue weighted by atomic mass is 9.85. The molecule has 6 N–H and O–H groups in total. The van der Waals surface area contributed by atoms with Gasteiger partial charge in [-0.3, -0.25) is 18.6 Å². The third kappa shape index (κ3) is 27.9. The van der Waals surface area contributed by atoms with Crippen LogP contribution in [-0.2, 0) is 32.7 Å². The van der Waals surface area contributed by atoms with Crippen molar-refractivity contribution in [3.63, 3.8) is 0 Å². The van der Waals surface area contributed by atoms with E-state index in [2.05, 4.69) is 62.5 Å². The molecule has 1 rings (SSSR count). The van der Waals surface area contributed by atoms with Crippen molar-refractivity contribution in [1.29, 1.82) is 0 Å². The number of hydrogen-bond acceptors (Lipinski definition) is 12. The summed E-state index contributed by atoms with van der Waals surface area (Å²) in [6.07, 6.45) is 28.6. The molecule has 0 bridgehead atoms. The Morgan fingerprint density at radius 3 is 1.46 bits per heavy atom. The molecule has 1 aliphatic rings. The molecule has 0 heterocycles.